The van der Waals surface area contributed by atoms with Crippen molar-refractivity contribution in [1.29, 1.82) is 0 Å². The predicted octanol–water partition coefficient (Wildman–Crippen LogP) is -0.317. The summed E-state index contributed by atoms with van der Waals surface area (Å²) in [5.74, 6) is 0.360. The zero-order valence-corrected chi connectivity index (χ0v) is 14.3. The van der Waals surface area contributed by atoms with Crippen LogP contribution in [0.25, 0.3) is 0 Å². The lowest BCUT2D eigenvalue weighted by molar-refractivity contribution is 0.0398. The van der Waals surface area contributed by atoms with Gasteiger partial charge in [-0.05, 0) is 14.0 Å². The van der Waals surface area contributed by atoms with Crippen LogP contribution in [0.3, 0.4) is 0 Å². The van der Waals surface area contributed by atoms with Crippen molar-refractivity contribution in [3.63, 3.8) is 0 Å². The number of ether oxygens (including phenoxy) is 1. The minimum Gasteiger partial charge on any atom is -0.380 e. The highest BCUT2D eigenvalue weighted by molar-refractivity contribution is 7.91. The third-order valence-corrected chi connectivity index (χ3v) is 6.39. The molecule has 0 bridgehead atoms. The molecule has 0 saturated carbocycles. The second-order valence-corrected chi connectivity index (χ2v) is 8.34. The molecule has 2 aliphatic rings. The summed E-state index contributed by atoms with van der Waals surface area (Å²) in [6, 6.07) is -0.491. The van der Waals surface area contributed by atoms with E-state index in [-0.39, 0.29) is 41.8 Å². The van der Waals surface area contributed by atoms with E-state index in [1.807, 2.05) is 11.9 Å². The zero-order valence-electron chi connectivity index (χ0n) is 13.5. The molecule has 1 amide bonds. The fraction of sp³-hybridized carbons (Fsp3) is 0.714. The Kier molecular flexibility index (Phi) is 4.19. The Morgan fingerprint density at radius 2 is 2.04 bits per heavy atom. The maximum atomic E-state index is 12.9. The van der Waals surface area contributed by atoms with E-state index in [0.717, 1.165) is 0 Å². The Balaban J connectivity index is 1.91. The quantitative estimate of drug-likeness (QED) is 0.743. The maximum absolute atomic E-state index is 12.9. The summed E-state index contributed by atoms with van der Waals surface area (Å²) in [6.45, 7) is 3.07. The normalized spacial score (nSPS) is 27.2. The van der Waals surface area contributed by atoms with E-state index in [2.05, 4.69) is 5.16 Å². The van der Waals surface area contributed by atoms with Gasteiger partial charge in [-0.2, -0.15) is 0 Å². The van der Waals surface area contributed by atoms with E-state index < -0.39 is 9.84 Å². The van der Waals surface area contributed by atoms with Gasteiger partial charge in [0.15, 0.2) is 15.5 Å². The molecule has 9 heteroatoms. The fourth-order valence-corrected chi connectivity index (χ4v) is 5.44. The second-order valence-electron chi connectivity index (χ2n) is 6.19. The molecule has 0 spiro atoms. The van der Waals surface area contributed by atoms with E-state index in [0.29, 0.717) is 24.4 Å². The van der Waals surface area contributed by atoms with Gasteiger partial charge in [-0.15, -0.1) is 0 Å². The number of nitrogens with zero attached hydrogens (tertiary/aromatic N) is 3. The molecule has 2 atom stereocenters. The number of sulfone groups is 1. The number of fused-ring (bicyclic) bond motifs is 1. The number of methoxy groups -OCH3 is 1. The first-order valence-corrected chi connectivity index (χ1v) is 9.32. The number of rotatable bonds is 3. The largest absolute Gasteiger partial charge is 0.380 e. The van der Waals surface area contributed by atoms with Crippen molar-refractivity contribution in [3.8, 4) is 0 Å². The number of aryl methyl sites for hydroxylation is 1. The highest BCUT2D eigenvalue weighted by Crippen LogP contribution is 2.28. The number of amides is 1. The topological polar surface area (TPSA) is 93.0 Å². The summed E-state index contributed by atoms with van der Waals surface area (Å²) in [5.41, 5.74) is 0.839. The second kappa shape index (κ2) is 5.88. The minimum atomic E-state index is -3.13. The molecule has 1 aromatic rings. The van der Waals surface area contributed by atoms with Gasteiger partial charge < -0.3 is 14.2 Å². The van der Waals surface area contributed by atoms with Gasteiger partial charge in [0.25, 0.3) is 5.91 Å². The van der Waals surface area contributed by atoms with Crippen LogP contribution in [0, 0.1) is 6.92 Å². The number of hydrogen-bond acceptors (Lipinski definition) is 7. The van der Waals surface area contributed by atoms with Gasteiger partial charge in [0, 0.05) is 26.2 Å². The van der Waals surface area contributed by atoms with Gasteiger partial charge in [-0.25, -0.2) is 8.42 Å². The predicted molar refractivity (Wildman–Crippen MR) is 81.8 cm³/mol. The number of aromatic nitrogens is 1. The Morgan fingerprint density at radius 3 is 2.74 bits per heavy atom. The molecular formula is C14H21N3O5S. The molecule has 0 aromatic carbocycles. The lowest BCUT2D eigenvalue weighted by Gasteiger charge is -2.41. The highest BCUT2D eigenvalue weighted by Gasteiger charge is 2.47. The van der Waals surface area contributed by atoms with Crippen molar-refractivity contribution in [1.82, 2.24) is 15.0 Å². The minimum absolute atomic E-state index is 0.00416. The molecule has 8 nitrogen and oxygen atoms in total. The van der Waals surface area contributed by atoms with E-state index in [4.69, 9.17) is 9.26 Å². The smallest absolute Gasteiger partial charge is 0.276 e. The lowest BCUT2D eigenvalue weighted by atomic mass is 10.0. The van der Waals surface area contributed by atoms with E-state index in [1.54, 1.807) is 11.8 Å². The third-order valence-electron chi connectivity index (χ3n) is 4.69. The summed E-state index contributed by atoms with van der Waals surface area (Å²) in [5, 5.41) is 3.87. The summed E-state index contributed by atoms with van der Waals surface area (Å²) in [7, 11) is 0.308. The SMILES string of the molecule is COCc1c(C(=O)N2CCN(C)[C@H]3CS(=O)(=O)C[C@H]32)noc1C. The Bertz CT molecular complexity index is 714. The first-order valence-electron chi connectivity index (χ1n) is 7.50. The van der Waals surface area contributed by atoms with E-state index >= 15 is 0 Å². The van der Waals surface area contributed by atoms with E-state index in [1.165, 1.54) is 7.11 Å². The first kappa shape index (κ1) is 16.4. The van der Waals surface area contributed by atoms with Crippen LogP contribution in [0.2, 0.25) is 0 Å². The van der Waals surface area contributed by atoms with Gasteiger partial charge in [-0.1, -0.05) is 5.16 Å². The van der Waals surface area contributed by atoms with Gasteiger partial charge in [0.1, 0.15) is 5.76 Å². The molecule has 2 fully saturated rings. The third kappa shape index (κ3) is 2.88. The van der Waals surface area contributed by atoms with Crippen LogP contribution < -0.4 is 0 Å². The van der Waals surface area contributed by atoms with Crippen molar-refractivity contribution in [2.75, 3.05) is 38.8 Å². The highest BCUT2D eigenvalue weighted by atomic mass is 32.2. The van der Waals surface area contributed by atoms with Crippen molar-refractivity contribution < 1.29 is 22.5 Å². The molecule has 0 aliphatic carbocycles. The zero-order chi connectivity index (χ0) is 16.8. The van der Waals surface area contributed by atoms with Crippen LogP contribution in [0.4, 0.5) is 0 Å². The molecular weight excluding hydrogens is 322 g/mol. The van der Waals surface area contributed by atoms with Crippen LogP contribution >= 0.6 is 0 Å². The average Bonchev–Trinajstić information content (AvgIpc) is 3.00. The molecule has 3 rings (SSSR count). The maximum Gasteiger partial charge on any atom is 0.276 e. The number of hydrogen-bond donors (Lipinski definition) is 0. The van der Waals surface area contributed by atoms with Crippen molar-refractivity contribution in [2.24, 2.45) is 0 Å². The van der Waals surface area contributed by atoms with Crippen molar-refractivity contribution in [3.05, 3.63) is 17.0 Å². The molecule has 1 aromatic heterocycles. The summed E-state index contributed by atoms with van der Waals surface area (Å²) in [4.78, 5) is 16.6. The molecule has 2 saturated heterocycles. The number of piperazine rings is 1. The molecule has 128 valence electrons. The van der Waals surface area contributed by atoms with Gasteiger partial charge in [-0.3, -0.25) is 9.69 Å². The summed E-state index contributed by atoms with van der Waals surface area (Å²) in [6.07, 6.45) is 0. The molecule has 0 N–H and O–H groups in total. The Hall–Kier alpha value is -1.45. The summed E-state index contributed by atoms with van der Waals surface area (Å²) >= 11 is 0. The van der Waals surface area contributed by atoms with Gasteiger partial charge in [0.2, 0.25) is 0 Å². The van der Waals surface area contributed by atoms with Crippen molar-refractivity contribution >= 4 is 15.7 Å². The molecule has 23 heavy (non-hydrogen) atoms. The van der Waals surface area contributed by atoms with Crippen LogP contribution in [0.5, 0.6) is 0 Å². The molecule has 2 aliphatic heterocycles. The first-order chi connectivity index (χ1) is 10.8. The Morgan fingerprint density at radius 1 is 1.35 bits per heavy atom. The Labute approximate surface area is 135 Å². The number of likely N-dealkylation sites (N-methyl/N-ethyl adjacent to an activating group) is 1. The van der Waals surface area contributed by atoms with Gasteiger partial charge in [0.05, 0.1) is 29.7 Å². The van der Waals surface area contributed by atoms with Crippen LogP contribution in [0.15, 0.2) is 4.52 Å². The van der Waals surface area contributed by atoms with E-state index in [9.17, 15) is 13.2 Å². The number of carbonyl (C=O) groups excluding carboxylic acids is 1. The van der Waals surface area contributed by atoms with Crippen LogP contribution in [0.1, 0.15) is 21.8 Å². The molecule has 3 heterocycles. The van der Waals surface area contributed by atoms with Crippen LogP contribution in [-0.2, 0) is 21.2 Å². The summed E-state index contributed by atoms with van der Waals surface area (Å²) < 4.78 is 34.2. The average molecular weight is 343 g/mol. The number of carbonyl (C=O) groups is 1. The lowest BCUT2D eigenvalue weighted by Crippen LogP contribution is -2.59. The molecule has 0 unspecified atom stereocenters. The van der Waals surface area contributed by atoms with Crippen LogP contribution in [-0.4, -0.2) is 80.1 Å². The fourth-order valence-electron chi connectivity index (χ4n) is 3.39. The van der Waals surface area contributed by atoms with Crippen molar-refractivity contribution in [2.45, 2.75) is 25.6 Å². The van der Waals surface area contributed by atoms with Gasteiger partial charge >= 0.3 is 0 Å². The molecule has 0 radical (unpaired) electrons. The standard InChI is InChI=1S/C14H21N3O5S/c1-9-10(6-21-3)13(15-22-9)14(18)17-5-4-16(2)11-7-23(19,20)8-12(11)17/h11-12H,4-8H2,1-3H3/t11-,12+/m0/s1. The monoisotopic (exact) mass is 343 g/mol.